The molecular formula is C47H48N18O11. The maximum atomic E-state index is 14.2. The third-order valence-corrected chi connectivity index (χ3v) is 11.2. The van der Waals surface area contributed by atoms with Crippen molar-refractivity contribution < 1.29 is 52.7 Å². The Kier molecular flexibility index (Phi) is 17.6. The van der Waals surface area contributed by atoms with E-state index in [1.54, 1.807) is 72.8 Å². The molecule has 1 aliphatic heterocycles. The molecule has 0 spiro atoms. The van der Waals surface area contributed by atoms with E-state index in [1.165, 1.54) is 18.6 Å². The lowest BCUT2D eigenvalue weighted by atomic mass is 10.1. The van der Waals surface area contributed by atoms with Gasteiger partial charge in [0, 0.05) is 26.2 Å². The Morgan fingerprint density at radius 3 is 1.18 bits per heavy atom. The van der Waals surface area contributed by atoms with Gasteiger partial charge in [-0.1, -0.05) is 36.4 Å². The van der Waals surface area contributed by atoms with Crippen molar-refractivity contribution in [3.8, 4) is 0 Å². The normalized spacial score (nSPS) is 19.4. The lowest BCUT2D eigenvalue weighted by Crippen LogP contribution is -2.61. The van der Waals surface area contributed by atoms with Crippen LogP contribution in [0.1, 0.15) is 37.9 Å². The van der Waals surface area contributed by atoms with Crippen LogP contribution in [0.25, 0.3) is 33.1 Å². The molecule has 3 aromatic carbocycles. The van der Waals surface area contributed by atoms with Gasteiger partial charge in [-0.3, -0.25) is 67.7 Å². The lowest BCUT2D eigenvalue weighted by molar-refractivity contribution is -0.134. The van der Waals surface area contributed by atoms with E-state index < -0.39 is 141 Å². The zero-order chi connectivity index (χ0) is 54.3. The van der Waals surface area contributed by atoms with Gasteiger partial charge in [0.2, 0.25) is 47.3 Å². The van der Waals surface area contributed by atoms with Gasteiger partial charge in [-0.15, -0.1) is 0 Å². The minimum absolute atomic E-state index is 0.170. The second-order valence-corrected chi connectivity index (χ2v) is 16.6. The predicted octanol–water partition coefficient (Wildman–Crippen LogP) is -5.39. The molecule has 14 N–H and O–H groups in total. The zero-order valence-electron chi connectivity index (χ0n) is 39.8. The fourth-order valence-corrected chi connectivity index (χ4v) is 7.19. The number of hydrogen-bond donors (Lipinski definition) is 12. The maximum absolute atomic E-state index is 14.2. The van der Waals surface area contributed by atoms with Gasteiger partial charge in [-0.25, -0.2) is 15.0 Å². The number of amides is 11. The predicted molar refractivity (Wildman–Crippen MR) is 264 cm³/mol. The summed E-state index contributed by atoms with van der Waals surface area (Å²) in [4.78, 5) is 173. The number of primary amides is 1. The summed E-state index contributed by atoms with van der Waals surface area (Å²) in [5.41, 5.74) is 13.3. The highest BCUT2D eigenvalue weighted by Gasteiger charge is 2.32. The molecule has 1 saturated heterocycles. The molecule has 29 nitrogen and oxygen atoms in total. The number of aromatic nitrogens is 6. The zero-order valence-corrected chi connectivity index (χ0v) is 39.8. The molecule has 11 amide bonds. The summed E-state index contributed by atoms with van der Waals surface area (Å²) in [5.74, 6) is -11.4. The quantitative estimate of drug-likeness (QED) is 0.0576. The van der Waals surface area contributed by atoms with Gasteiger partial charge in [0.15, 0.2) is 0 Å². The van der Waals surface area contributed by atoms with Gasteiger partial charge in [0.25, 0.3) is 17.7 Å². The minimum atomic E-state index is -1.77. The van der Waals surface area contributed by atoms with Crippen LogP contribution < -0.4 is 64.6 Å². The second kappa shape index (κ2) is 25.0. The van der Waals surface area contributed by atoms with Gasteiger partial charge in [-0.05, 0) is 36.4 Å². The number of carbonyl (C=O) groups excluding carboxylic acids is 11. The number of fused-ring (bicyclic) bond motifs is 3. The summed E-state index contributed by atoms with van der Waals surface area (Å²) in [5, 5.41) is 23.5. The number of nitrogens with two attached hydrogens (primary N) is 2. The summed E-state index contributed by atoms with van der Waals surface area (Å²) in [6.45, 7) is -4.45. The first-order valence-corrected chi connectivity index (χ1v) is 23.1. The molecule has 0 radical (unpaired) electrons. The van der Waals surface area contributed by atoms with Crippen molar-refractivity contribution in [2.45, 2.75) is 36.6 Å². The summed E-state index contributed by atoms with van der Waals surface area (Å²) in [6, 6.07) is 11.4. The van der Waals surface area contributed by atoms with Crippen molar-refractivity contribution in [2.75, 3.05) is 39.3 Å². The maximum Gasteiger partial charge on any atom is 0.271 e. The van der Waals surface area contributed by atoms with Crippen LogP contribution in [0.4, 0.5) is 0 Å². The molecule has 3 aromatic heterocycles. The van der Waals surface area contributed by atoms with Crippen molar-refractivity contribution in [1.82, 2.24) is 83.1 Å². The van der Waals surface area contributed by atoms with Crippen molar-refractivity contribution >= 4 is 98.1 Å². The number of benzene rings is 3. The molecule has 0 saturated carbocycles. The number of nitrogens with one attached hydrogen (secondary N) is 10. The largest absolute Gasteiger partial charge is 0.368 e. The molecule has 0 aliphatic carbocycles. The molecule has 6 aromatic rings. The van der Waals surface area contributed by atoms with E-state index in [0.717, 1.165) is 0 Å². The van der Waals surface area contributed by atoms with Crippen LogP contribution in [0.3, 0.4) is 0 Å². The molecule has 29 heteroatoms. The Hall–Kier alpha value is -10.2. The number of hydrogen-bond acceptors (Lipinski definition) is 18. The molecular weight excluding hydrogens is 993 g/mol. The molecule has 7 rings (SSSR count). The Balaban J connectivity index is 1.15. The van der Waals surface area contributed by atoms with Crippen molar-refractivity contribution in [3.63, 3.8) is 0 Å². The van der Waals surface area contributed by atoms with Crippen LogP contribution in [0.2, 0.25) is 0 Å². The third kappa shape index (κ3) is 14.3. The SMILES string of the molecule is NCC1NC(=O)C[C@@H](C(N)=O)NC(=O)CNC(=O)C(CNC(=O)c2cnc3ccccc3n2)NC(=O)C(CNC(=O)c2cnc3ccccc3n2)NC(=O)CNC(=O)C(CNC(=O)c2cnc3ccccc3n2)NC1=O. The highest BCUT2D eigenvalue weighted by atomic mass is 16.2. The number of nitrogens with zero attached hydrogens (tertiary/aromatic N) is 6. The minimum Gasteiger partial charge on any atom is -0.368 e. The molecule has 4 heterocycles. The summed E-state index contributed by atoms with van der Waals surface area (Å²) < 4.78 is 0. The Labute approximate surface area is 428 Å². The molecule has 392 valence electrons. The third-order valence-electron chi connectivity index (χ3n) is 11.2. The molecule has 5 atom stereocenters. The molecule has 1 fully saturated rings. The van der Waals surface area contributed by atoms with E-state index >= 15 is 0 Å². The van der Waals surface area contributed by atoms with Crippen LogP contribution in [0, 0.1) is 0 Å². The number of para-hydroxylation sites is 6. The Morgan fingerprint density at radius 1 is 0.461 bits per heavy atom. The van der Waals surface area contributed by atoms with E-state index in [1.807, 2.05) is 0 Å². The van der Waals surface area contributed by atoms with E-state index in [2.05, 4.69) is 83.1 Å². The van der Waals surface area contributed by atoms with E-state index in [4.69, 9.17) is 11.5 Å². The summed E-state index contributed by atoms with van der Waals surface area (Å²) >= 11 is 0. The van der Waals surface area contributed by atoms with Crippen molar-refractivity contribution in [2.24, 2.45) is 11.5 Å². The van der Waals surface area contributed by atoms with E-state index in [9.17, 15) is 52.7 Å². The van der Waals surface area contributed by atoms with Gasteiger partial charge >= 0.3 is 0 Å². The molecule has 76 heavy (non-hydrogen) atoms. The van der Waals surface area contributed by atoms with Crippen LogP contribution in [-0.2, 0) is 38.4 Å². The first-order chi connectivity index (χ1) is 36.5. The van der Waals surface area contributed by atoms with Gasteiger partial charge in [-0.2, -0.15) is 0 Å². The standard InChI is InChI=1S/C47H48N18O11/c48-14-30-46(75)64-34(18-53-41(70)31-15-50-23-7-1-4-10-26(23)58-31)44(73)57-22-39(68)63-36(20-55-43(72)33-17-52-25-9-3-6-12-28(25)60-33)47(76)65-35(19-54-42(71)32-16-51-24-8-2-5-11-27(24)59-32)45(74)56-21-38(67)61-29(40(49)69)13-37(66)62-30/h1-12,15-17,29-30,34-36H,13-14,18-22,48H2,(H2,49,69)(H,53,70)(H,54,71)(H,55,72)(H,56,74)(H,57,73)(H,61,67)(H,62,66)(H,63,68)(H,64,75)(H,65,76)/t29-,30?,34?,35?,36?/m0/s1. The smallest absolute Gasteiger partial charge is 0.271 e. The van der Waals surface area contributed by atoms with Crippen LogP contribution >= 0.6 is 0 Å². The second-order valence-electron chi connectivity index (χ2n) is 16.6. The number of rotatable bonds is 11. The number of carbonyl (C=O) groups is 11. The van der Waals surface area contributed by atoms with Crippen molar-refractivity contribution in [1.29, 1.82) is 0 Å². The van der Waals surface area contributed by atoms with Crippen molar-refractivity contribution in [3.05, 3.63) is 108 Å². The monoisotopic (exact) mass is 1040 g/mol. The van der Waals surface area contributed by atoms with Crippen LogP contribution in [0.5, 0.6) is 0 Å². The average Bonchev–Trinajstić information content (AvgIpc) is 3.42. The fourth-order valence-electron chi connectivity index (χ4n) is 7.19. The molecule has 1 aliphatic rings. The molecule has 4 unspecified atom stereocenters. The van der Waals surface area contributed by atoms with Crippen LogP contribution in [0.15, 0.2) is 91.4 Å². The Morgan fingerprint density at radius 2 is 0.803 bits per heavy atom. The first-order valence-electron chi connectivity index (χ1n) is 23.1. The van der Waals surface area contributed by atoms with Gasteiger partial charge in [0.1, 0.15) is 47.3 Å². The highest BCUT2D eigenvalue weighted by Crippen LogP contribution is 2.11. The van der Waals surface area contributed by atoms with Gasteiger partial charge in [0.05, 0.1) is 71.2 Å². The topological polar surface area (TPSA) is 437 Å². The van der Waals surface area contributed by atoms with E-state index in [0.29, 0.717) is 33.1 Å². The lowest BCUT2D eigenvalue weighted by Gasteiger charge is -2.25. The van der Waals surface area contributed by atoms with Crippen LogP contribution in [-0.4, -0.2) is 164 Å². The first kappa shape index (κ1) is 53.6. The fraction of sp³-hybridized carbons (Fsp3) is 0.255. The molecule has 0 bridgehead atoms. The van der Waals surface area contributed by atoms with Gasteiger partial charge < -0.3 is 64.6 Å². The highest BCUT2D eigenvalue weighted by molar-refractivity contribution is 6.00. The summed E-state index contributed by atoms with van der Waals surface area (Å²) in [6.07, 6.45) is 2.67. The average molecular weight is 1040 g/mol. The Bertz CT molecular complexity index is 3270. The van der Waals surface area contributed by atoms with E-state index in [-0.39, 0.29) is 17.1 Å². The summed E-state index contributed by atoms with van der Waals surface area (Å²) in [7, 11) is 0.